The molecule has 0 saturated heterocycles. The Bertz CT molecular complexity index is 1480. The number of hydrogen-bond donors (Lipinski definition) is 0. The second-order valence-corrected chi connectivity index (χ2v) is 12.9. The summed E-state index contributed by atoms with van der Waals surface area (Å²) in [5.74, 6) is 0. The van der Waals surface area contributed by atoms with E-state index in [1.54, 1.807) is 12.1 Å². The normalized spacial score (nSPS) is 19.3. The van der Waals surface area contributed by atoms with Crippen molar-refractivity contribution in [1.29, 1.82) is 0 Å². The summed E-state index contributed by atoms with van der Waals surface area (Å²) in [6.07, 6.45) is 8.86. The number of alkyl halides is 6. The first-order valence-electron chi connectivity index (χ1n) is 15.9. The molecule has 0 heterocycles. The lowest BCUT2D eigenvalue weighted by molar-refractivity contribution is -0.138. The molecule has 0 aliphatic heterocycles. The smallest absolute Gasteiger partial charge is 0.166 e. The summed E-state index contributed by atoms with van der Waals surface area (Å²) < 4.78 is 83.2. The molecule has 45 heavy (non-hydrogen) atoms. The Kier molecular flexibility index (Phi) is 10.5. The van der Waals surface area contributed by atoms with Gasteiger partial charge in [0.05, 0.1) is 11.1 Å². The molecule has 0 amide bonds. The molecule has 0 radical (unpaired) electrons. The maximum absolute atomic E-state index is 13.9. The van der Waals surface area contributed by atoms with Gasteiger partial charge in [0.2, 0.25) is 0 Å². The van der Waals surface area contributed by atoms with E-state index >= 15 is 0 Å². The van der Waals surface area contributed by atoms with Crippen molar-refractivity contribution in [2.24, 2.45) is 0 Å². The number of allylic oxidation sites excluding steroid dienone is 7. The summed E-state index contributed by atoms with van der Waals surface area (Å²) in [5.41, 5.74) is 2.67. The minimum atomic E-state index is -4.47. The average molecular weight is 627 g/mol. The Hall–Kier alpha value is -3.28. The number of aryl methyl sites for hydroxylation is 1. The molecular weight excluding hydrogens is 582 g/mol. The number of hydrogen-bond acceptors (Lipinski definition) is 0. The Morgan fingerprint density at radius 1 is 0.733 bits per heavy atom. The van der Waals surface area contributed by atoms with Gasteiger partial charge in [-0.15, -0.1) is 0 Å². The van der Waals surface area contributed by atoms with Gasteiger partial charge in [-0.25, -0.2) is 0 Å². The van der Waals surface area contributed by atoms with Crippen LogP contribution < -0.4 is 0 Å². The van der Waals surface area contributed by atoms with Gasteiger partial charge in [-0.05, 0) is 104 Å². The van der Waals surface area contributed by atoms with Crippen molar-refractivity contribution in [1.82, 2.24) is 0 Å². The van der Waals surface area contributed by atoms with Crippen LogP contribution in [0, 0.1) is 6.92 Å². The van der Waals surface area contributed by atoms with Crippen LogP contribution in [0.15, 0.2) is 90.6 Å². The minimum Gasteiger partial charge on any atom is -0.166 e. The van der Waals surface area contributed by atoms with Gasteiger partial charge in [0.1, 0.15) is 0 Å². The summed E-state index contributed by atoms with van der Waals surface area (Å²) in [6.45, 7) is 14.3. The Morgan fingerprint density at radius 3 is 1.76 bits per heavy atom. The maximum Gasteiger partial charge on any atom is 0.416 e. The molecule has 2 aliphatic carbocycles. The first-order valence-corrected chi connectivity index (χ1v) is 15.9. The van der Waals surface area contributed by atoms with Crippen molar-refractivity contribution in [3.8, 4) is 0 Å². The largest absolute Gasteiger partial charge is 0.416 e. The van der Waals surface area contributed by atoms with Crippen molar-refractivity contribution in [3.05, 3.63) is 124 Å². The third-order valence-electron chi connectivity index (χ3n) is 9.89. The summed E-state index contributed by atoms with van der Waals surface area (Å²) in [6, 6.07) is 8.00. The first-order chi connectivity index (χ1) is 21.2. The first kappa shape index (κ1) is 34.6. The molecule has 0 aromatic heterocycles. The van der Waals surface area contributed by atoms with Crippen LogP contribution in [0.3, 0.4) is 0 Å². The zero-order chi connectivity index (χ0) is 33.0. The van der Waals surface area contributed by atoms with Crippen LogP contribution >= 0.6 is 0 Å². The third kappa shape index (κ3) is 7.26. The van der Waals surface area contributed by atoms with Crippen molar-refractivity contribution >= 4 is 6.08 Å². The van der Waals surface area contributed by atoms with Crippen LogP contribution in [0.25, 0.3) is 6.08 Å². The van der Waals surface area contributed by atoms with Crippen molar-refractivity contribution in [2.75, 3.05) is 0 Å². The highest BCUT2D eigenvalue weighted by Crippen LogP contribution is 2.50. The van der Waals surface area contributed by atoms with E-state index in [9.17, 15) is 26.3 Å². The molecule has 2 aliphatic rings. The summed E-state index contributed by atoms with van der Waals surface area (Å²) in [7, 11) is 0. The lowest BCUT2D eigenvalue weighted by atomic mass is 9.62. The molecule has 242 valence electrons. The van der Waals surface area contributed by atoms with Gasteiger partial charge in [0.25, 0.3) is 0 Å². The highest BCUT2D eigenvalue weighted by atomic mass is 19.4. The molecule has 0 spiro atoms. The quantitative estimate of drug-likeness (QED) is 0.202. The van der Waals surface area contributed by atoms with Crippen molar-refractivity contribution in [2.45, 2.75) is 108 Å². The molecule has 0 unspecified atom stereocenters. The minimum absolute atomic E-state index is 0.621. The second kappa shape index (κ2) is 13.6. The molecule has 0 nitrogen and oxygen atoms in total. The van der Waals surface area contributed by atoms with Crippen LogP contribution in [0.1, 0.15) is 111 Å². The fraction of sp³-hybridized carbons (Fsp3) is 0.436. The van der Waals surface area contributed by atoms with Gasteiger partial charge in [0, 0.05) is 10.8 Å². The number of benzene rings is 2. The second-order valence-electron chi connectivity index (χ2n) is 12.9. The highest BCUT2D eigenvalue weighted by molar-refractivity contribution is 5.60. The van der Waals surface area contributed by atoms with E-state index in [1.807, 2.05) is 51.2 Å². The van der Waals surface area contributed by atoms with Crippen molar-refractivity contribution < 1.29 is 26.3 Å². The van der Waals surface area contributed by atoms with Gasteiger partial charge >= 0.3 is 12.4 Å². The van der Waals surface area contributed by atoms with Crippen LogP contribution in [0.2, 0.25) is 0 Å². The lowest BCUT2D eigenvalue weighted by Crippen LogP contribution is -2.33. The van der Waals surface area contributed by atoms with Gasteiger partial charge < -0.3 is 0 Å². The zero-order valence-corrected chi connectivity index (χ0v) is 26.6. The average Bonchev–Trinajstić information content (AvgIpc) is 2.99. The molecule has 0 N–H and O–H groups in total. The Morgan fingerprint density at radius 2 is 1.24 bits per heavy atom. The van der Waals surface area contributed by atoms with Crippen LogP contribution in [-0.4, -0.2) is 0 Å². The molecular formula is C39H44F6. The summed E-state index contributed by atoms with van der Waals surface area (Å²) in [4.78, 5) is 0. The fourth-order valence-corrected chi connectivity index (χ4v) is 7.67. The monoisotopic (exact) mass is 626 g/mol. The van der Waals surface area contributed by atoms with E-state index in [0.29, 0.717) is 36.8 Å². The molecule has 0 atom stereocenters. The van der Waals surface area contributed by atoms with Crippen molar-refractivity contribution in [3.63, 3.8) is 0 Å². The standard InChI is InChI=1S/C39H44F6/c1-6-14-30-18-20-32(39(43,44)45)26-35(30)36(21-9-7-10-22-36)29(5)15-13-16-33(27(2)3)37(23-11-8-12-24-37)34-25-31(38(40,41)42)19-17-28(34)4/h6,13-20,25-26H,2,5,7-12,21-24H2,1,3-4H3/b14-6-,15-13+,33-16-. The van der Waals surface area contributed by atoms with Gasteiger partial charge in [0.15, 0.2) is 0 Å². The topological polar surface area (TPSA) is 0 Å². The van der Waals surface area contributed by atoms with E-state index in [1.165, 1.54) is 12.1 Å². The molecule has 2 aromatic rings. The van der Waals surface area contributed by atoms with Crippen LogP contribution in [-0.2, 0) is 23.2 Å². The fourth-order valence-electron chi connectivity index (χ4n) is 7.67. The van der Waals surface area contributed by atoms with E-state index in [2.05, 4.69) is 13.2 Å². The lowest BCUT2D eigenvalue weighted by Gasteiger charge is -2.42. The molecule has 6 heteroatoms. The Balaban J connectivity index is 1.82. The SMILES string of the molecule is C=C(C)/C(=C/C=C/C(=C)C1(c2cc(C(F)(F)F)ccc2/C=C\C)CCCCC1)C1(c2cc(C(F)(F)F)ccc2C)CCCCC1. The van der Waals surface area contributed by atoms with Crippen LogP contribution in [0.4, 0.5) is 26.3 Å². The van der Waals surface area contributed by atoms with Gasteiger partial charge in [-0.2, -0.15) is 26.3 Å². The maximum atomic E-state index is 13.9. The van der Waals surface area contributed by atoms with E-state index in [0.717, 1.165) is 78.5 Å². The van der Waals surface area contributed by atoms with Crippen LogP contribution in [0.5, 0.6) is 0 Å². The number of rotatable bonds is 8. The van der Waals surface area contributed by atoms with E-state index < -0.39 is 34.3 Å². The predicted octanol–water partition coefficient (Wildman–Crippen LogP) is 12.8. The highest BCUT2D eigenvalue weighted by Gasteiger charge is 2.42. The third-order valence-corrected chi connectivity index (χ3v) is 9.89. The van der Waals surface area contributed by atoms with Gasteiger partial charge in [-0.3, -0.25) is 0 Å². The molecule has 0 bridgehead atoms. The number of halogens is 6. The molecule has 2 fully saturated rings. The molecule has 2 saturated carbocycles. The summed E-state index contributed by atoms with van der Waals surface area (Å²) in [5, 5.41) is 0. The molecule has 4 rings (SSSR count). The summed E-state index contributed by atoms with van der Waals surface area (Å²) >= 11 is 0. The predicted molar refractivity (Wildman–Crippen MR) is 173 cm³/mol. The van der Waals surface area contributed by atoms with E-state index in [-0.39, 0.29) is 0 Å². The molecule has 2 aromatic carbocycles. The van der Waals surface area contributed by atoms with Gasteiger partial charge in [-0.1, -0.05) is 99.8 Å². The Labute approximate surface area is 264 Å². The van der Waals surface area contributed by atoms with E-state index in [4.69, 9.17) is 0 Å². The zero-order valence-electron chi connectivity index (χ0n) is 26.6.